The summed E-state index contributed by atoms with van der Waals surface area (Å²) in [5.41, 5.74) is 2.90. The number of halogens is 1. The van der Waals surface area contributed by atoms with Crippen LogP contribution in [0.1, 0.15) is 34.0 Å². The van der Waals surface area contributed by atoms with Gasteiger partial charge in [-0.3, -0.25) is 4.79 Å². The van der Waals surface area contributed by atoms with Crippen molar-refractivity contribution < 1.29 is 9.53 Å². The van der Waals surface area contributed by atoms with E-state index in [0.29, 0.717) is 29.2 Å². The Kier molecular flexibility index (Phi) is 3.93. The van der Waals surface area contributed by atoms with E-state index in [-0.39, 0.29) is 11.9 Å². The number of rotatable bonds is 4. The van der Waals surface area contributed by atoms with Crippen LogP contribution >= 0.6 is 11.6 Å². The Hall–Kier alpha value is -1.68. The summed E-state index contributed by atoms with van der Waals surface area (Å²) in [4.78, 5) is 12.3. The number of carbonyl (C=O) groups is 1. The lowest BCUT2D eigenvalue weighted by atomic mass is 9.98. The summed E-state index contributed by atoms with van der Waals surface area (Å²) in [6.07, 6.45) is 2.00. The smallest absolute Gasteiger partial charge is 0.167 e. The molecule has 2 aromatic carbocycles. The molecule has 4 rings (SSSR count). The fraction of sp³-hybridized carbons (Fsp3) is 0.316. The van der Waals surface area contributed by atoms with Crippen LogP contribution in [0.5, 0.6) is 0 Å². The first-order valence-electron chi connectivity index (χ1n) is 7.95. The average Bonchev–Trinajstić information content (AvgIpc) is 3.19. The zero-order valence-electron chi connectivity index (χ0n) is 12.7. The molecule has 0 saturated carbocycles. The van der Waals surface area contributed by atoms with E-state index in [4.69, 9.17) is 16.3 Å². The highest BCUT2D eigenvalue weighted by Gasteiger charge is 2.41. The Morgan fingerprint density at radius 2 is 1.87 bits per heavy atom. The zero-order valence-corrected chi connectivity index (χ0v) is 13.4. The van der Waals surface area contributed by atoms with Crippen LogP contribution in [0.3, 0.4) is 0 Å². The van der Waals surface area contributed by atoms with Crippen molar-refractivity contribution in [3.63, 3.8) is 0 Å². The lowest BCUT2D eigenvalue weighted by Crippen LogP contribution is -2.33. The van der Waals surface area contributed by atoms with Crippen molar-refractivity contribution in [2.24, 2.45) is 0 Å². The molecule has 0 aromatic heterocycles. The first-order valence-corrected chi connectivity index (χ1v) is 8.33. The molecule has 3 nitrogen and oxygen atoms in total. The molecule has 23 heavy (non-hydrogen) atoms. The molecule has 0 unspecified atom stereocenters. The minimum absolute atomic E-state index is 0.104. The molecule has 2 aliphatic rings. The van der Waals surface area contributed by atoms with Crippen molar-refractivity contribution >= 4 is 17.4 Å². The van der Waals surface area contributed by atoms with E-state index in [1.807, 2.05) is 12.1 Å². The minimum atomic E-state index is 0.104. The lowest BCUT2D eigenvalue weighted by Gasteiger charge is -2.23. The van der Waals surface area contributed by atoms with Gasteiger partial charge in [0.05, 0.1) is 12.2 Å². The topological polar surface area (TPSA) is 38.3 Å². The zero-order chi connectivity index (χ0) is 15.8. The maximum absolute atomic E-state index is 12.3. The van der Waals surface area contributed by atoms with Crippen LogP contribution in [0.4, 0.5) is 0 Å². The van der Waals surface area contributed by atoms with E-state index in [1.165, 1.54) is 5.56 Å². The molecule has 118 valence electrons. The van der Waals surface area contributed by atoms with Crippen LogP contribution in [-0.4, -0.2) is 24.5 Å². The number of carbonyl (C=O) groups excluding carboxylic acids is 1. The standard InChI is InChI=1S/C19H18ClNO2/c20-15-7-5-13(6-8-15)18(22)9-12-1-3-14(4-2-12)19-17-10-16(23-19)11-21-17/h1-8,16-17,19,21H,9-11H2/t16-,17-,19+/m1/s1. The lowest BCUT2D eigenvalue weighted by molar-refractivity contribution is 0.0160. The van der Waals surface area contributed by atoms with Crippen LogP contribution in [0.25, 0.3) is 0 Å². The fourth-order valence-electron chi connectivity index (χ4n) is 3.43. The fourth-order valence-corrected chi connectivity index (χ4v) is 3.55. The number of Topliss-reactive ketones (excluding diaryl/α,β-unsaturated/α-hetero) is 1. The molecule has 3 atom stereocenters. The maximum atomic E-state index is 12.3. The van der Waals surface area contributed by atoms with Gasteiger partial charge in [0.25, 0.3) is 0 Å². The summed E-state index contributed by atoms with van der Waals surface area (Å²) in [6, 6.07) is 15.7. The van der Waals surface area contributed by atoms with E-state index < -0.39 is 0 Å². The van der Waals surface area contributed by atoms with Crippen LogP contribution in [0, 0.1) is 0 Å². The highest BCUT2D eigenvalue weighted by Crippen LogP contribution is 2.36. The monoisotopic (exact) mass is 327 g/mol. The number of hydrogen-bond donors (Lipinski definition) is 1. The molecule has 2 aliphatic heterocycles. The minimum Gasteiger partial charge on any atom is -0.367 e. The van der Waals surface area contributed by atoms with Crippen LogP contribution in [0.15, 0.2) is 48.5 Å². The predicted octanol–water partition coefficient (Wildman–Crippen LogP) is 3.57. The molecule has 2 heterocycles. The molecule has 4 heteroatoms. The quantitative estimate of drug-likeness (QED) is 0.872. The number of ether oxygens (including phenoxy) is 1. The van der Waals surface area contributed by atoms with Gasteiger partial charge in [-0.25, -0.2) is 0 Å². The number of ketones is 1. The van der Waals surface area contributed by atoms with Crippen molar-refractivity contribution in [2.75, 3.05) is 6.54 Å². The second-order valence-electron chi connectivity index (χ2n) is 6.28. The van der Waals surface area contributed by atoms with Gasteiger partial charge in [-0.1, -0.05) is 35.9 Å². The number of morpholine rings is 1. The third kappa shape index (κ3) is 3.05. The van der Waals surface area contributed by atoms with Gasteiger partial charge in [0.1, 0.15) is 0 Å². The van der Waals surface area contributed by atoms with E-state index in [2.05, 4.69) is 17.4 Å². The molecule has 2 aromatic rings. The van der Waals surface area contributed by atoms with Crippen molar-refractivity contribution in [3.8, 4) is 0 Å². The van der Waals surface area contributed by atoms with Gasteiger partial charge in [0.2, 0.25) is 0 Å². The van der Waals surface area contributed by atoms with Crippen LogP contribution in [-0.2, 0) is 11.2 Å². The van der Waals surface area contributed by atoms with Gasteiger partial charge in [-0.2, -0.15) is 0 Å². The average molecular weight is 328 g/mol. The number of benzene rings is 2. The Morgan fingerprint density at radius 3 is 2.48 bits per heavy atom. The first-order chi connectivity index (χ1) is 11.2. The number of hydrogen-bond acceptors (Lipinski definition) is 3. The molecule has 1 N–H and O–H groups in total. The van der Waals surface area contributed by atoms with E-state index >= 15 is 0 Å². The number of fused-ring (bicyclic) bond motifs is 2. The Morgan fingerprint density at radius 1 is 1.13 bits per heavy atom. The number of nitrogens with one attached hydrogen (secondary N) is 1. The summed E-state index contributed by atoms with van der Waals surface area (Å²) in [5.74, 6) is 0.104. The summed E-state index contributed by atoms with van der Waals surface area (Å²) in [7, 11) is 0. The molecule has 0 radical (unpaired) electrons. The van der Waals surface area contributed by atoms with Gasteiger partial charge in [-0.05, 0) is 41.8 Å². The molecule has 2 fully saturated rings. The third-order valence-electron chi connectivity index (χ3n) is 4.67. The van der Waals surface area contributed by atoms with Crippen molar-refractivity contribution in [2.45, 2.75) is 31.1 Å². The predicted molar refractivity (Wildman–Crippen MR) is 90.0 cm³/mol. The second-order valence-corrected chi connectivity index (χ2v) is 6.71. The Labute approximate surface area is 140 Å². The van der Waals surface area contributed by atoms with E-state index in [1.54, 1.807) is 24.3 Å². The van der Waals surface area contributed by atoms with Gasteiger partial charge >= 0.3 is 0 Å². The van der Waals surface area contributed by atoms with E-state index in [9.17, 15) is 4.79 Å². The van der Waals surface area contributed by atoms with Crippen LogP contribution < -0.4 is 5.32 Å². The SMILES string of the molecule is O=C(Cc1ccc([C@@H]2O[C@H]3CN[C@@H]2C3)cc1)c1ccc(Cl)cc1. The molecule has 0 amide bonds. The molecule has 2 saturated heterocycles. The molecule has 0 aliphatic carbocycles. The highest BCUT2D eigenvalue weighted by atomic mass is 35.5. The molecule has 2 bridgehead atoms. The van der Waals surface area contributed by atoms with Gasteiger partial charge in [0, 0.05) is 29.6 Å². The van der Waals surface area contributed by atoms with Gasteiger partial charge in [0.15, 0.2) is 5.78 Å². The Balaban J connectivity index is 1.44. The first kappa shape index (κ1) is 14.9. The summed E-state index contributed by atoms with van der Waals surface area (Å²) >= 11 is 5.85. The van der Waals surface area contributed by atoms with E-state index in [0.717, 1.165) is 18.5 Å². The summed E-state index contributed by atoms with van der Waals surface area (Å²) < 4.78 is 6.01. The summed E-state index contributed by atoms with van der Waals surface area (Å²) in [5, 5.41) is 4.13. The third-order valence-corrected chi connectivity index (χ3v) is 4.92. The summed E-state index contributed by atoms with van der Waals surface area (Å²) in [6.45, 7) is 0.967. The molecular weight excluding hydrogens is 310 g/mol. The maximum Gasteiger partial charge on any atom is 0.167 e. The van der Waals surface area contributed by atoms with Crippen molar-refractivity contribution in [1.29, 1.82) is 0 Å². The largest absolute Gasteiger partial charge is 0.367 e. The Bertz CT molecular complexity index is 711. The molecule has 0 spiro atoms. The van der Waals surface area contributed by atoms with Crippen molar-refractivity contribution in [3.05, 3.63) is 70.2 Å². The van der Waals surface area contributed by atoms with Crippen LogP contribution in [0.2, 0.25) is 5.02 Å². The second kappa shape index (κ2) is 6.08. The van der Waals surface area contributed by atoms with Crippen molar-refractivity contribution in [1.82, 2.24) is 5.32 Å². The highest BCUT2D eigenvalue weighted by molar-refractivity contribution is 6.30. The van der Waals surface area contributed by atoms with Gasteiger partial charge < -0.3 is 10.1 Å². The van der Waals surface area contributed by atoms with Gasteiger partial charge in [-0.15, -0.1) is 0 Å². The normalized spacial score (nSPS) is 25.7. The molecular formula is C19H18ClNO2.